The highest BCUT2D eigenvalue weighted by Gasteiger charge is 2.07. The SMILES string of the molecule is O=C(C=Cc1cccc2ccccc12)NC(=S)Nc1cccc([N+](=O)[O-])c1. The number of nitro benzene ring substituents is 1. The Balaban J connectivity index is 1.65. The molecular weight excluding hydrogens is 362 g/mol. The summed E-state index contributed by atoms with van der Waals surface area (Å²) in [5.74, 6) is -0.397. The lowest BCUT2D eigenvalue weighted by Crippen LogP contribution is -2.32. The van der Waals surface area contributed by atoms with Crippen LogP contribution in [-0.4, -0.2) is 15.9 Å². The Kier molecular flexibility index (Phi) is 5.53. The third kappa shape index (κ3) is 4.74. The molecule has 0 heterocycles. The quantitative estimate of drug-likeness (QED) is 0.307. The fourth-order valence-electron chi connectivity index (χ4n) is 2.57. The fraction of sp³-hybridized carbons (Fsp3) is 0. The van der Waals surface area contributed by atoms with Gasteiger partial charge in [-0.25, -0.2) is 0 Å². The minimum Gasteiger partial charge on any atom is -0.332 e. The van der Waals surface area contributed by atoms with Crippen molar-refractivity contribution < 1.29 is 9.72 Å². The highest BCUT2D eigenvalue weighted by Crippen LogP contribution is 2.19. The molecule has 7 heteroatoms. The summed E-state index contributed by atoms with van der Waals surface area (Å²) in [7, 11) is 0. The number of hydrogen-bond donors (Lipinski definition) is 2. The van der Waals surface area contributed by atoms with Crippen LogP contribution in [-0.2, 0) is 4.79 Å². The van der Waals surface area contributed by atoms with E-state index in [-0.39, 0.29) is 10.8 Å². The first-order valence-corrected chi connectivity index (χ1v) is 8.46. The number of carbonyl (C=O) groups excluding carboxylic acids is 1. The molecule has 0 saturated heterocycles. The van der Waals surface area contributed by atoms with Gasteiger partial charge in [0.1, 0.15) is 0 Å². The van der Waals surface area contributed by atoms with E-state index in [9.17, 15) is 14.9 Å². The van der Waals surface area contributed by atoms with Crippen LogP contribution in [0.2, 0.25) is 0 Å². The topological polar surface area (TPSA) is 84.3 Å². The van der Waals surface area contributed by atoms with Crippen molar-refractivity contribution in [3.05, 3.63) is 88.5 Å². The summed E-state index contributed by atoms with van der Waals surface area (Å²) in [6, 6.07) is 19.6. The van der Waals surface area contributed by atoms with Gasteiger partial charge in [0.2, 0.25) is 5.91 Å². The average Bonchev–Trinajstić information content (AvgIpc) is 2.66. The maximum Gasteiger partial charge on any atom is 0.271 e. The van der Waals surface area contributed by atoms with Gasteiger partial charge in [-0.2, -0.15) is 0 Å². The molecule has 27 heavy (non-hydrogen) atoms. The van der Waals surface area contributed by atoms with E-state index in [1.54, 1.807) is 12.1 Å². The second-order valence-electron chi connectivity index (χ2n) is 5.65. The fourth-order valence-corrected chi connectivity index (χ4v) is 2.79. The van der Waals surface area contributed by atoms with Gasteiger partial charge in [0.05, 0.1) is 4.92 Å². The molecule has 0 unspecified atom stereocenters. The molecule has 0 bridgehead atoms. The lowest BCUT2D eigenvalue weighted by atomic mass is 10.0. The number of rotatable bonds is 4. The number of non-ortho nitro benzene ring substituents is 1. The summed E-state index contributed by atoms with van der Waals surface area (Å²) in [5.41, 5.74) is 1.28. The van der Waals surface area contributed by atoms with Gasteiger partial charge in [0.15, 0.2) is 5.11 Å². The van der Waals surface area contributed by atoms with Crippen molar-refractivity contribution in [2.24, 2.45) is 0 Å². The van der Waals surface area contributed by atoms with E-state index in [4.69, 9.17) is 12.2 Å². The molecule has 0 spiro atoms. The smallest absolute Gasteiger partial charge is 0.271 e. The van der Waals surface area contributed by atoms with Gasteiger partial charge in [-0.1, -0.05) is 48.5 Å². The van der Waals surface area contributed by atoms with Crippen LogP contribution in [0.4, 0.5) is 11.4 Å². The third-order valence-electron chi connectivity index (χ3n) is 3.79. The number of hydrogen-bond acceptors (Lipinski definition) is 4. The van der Waals surface area contributed by atoms with Crippen molar-refractivity contribution in [3.63, 3.8) is 0 Å². The van der Waals surface area contributed by atoms with Crippen molar-refractivity contribution in [3.8, 4) is 0 Å². The molecule has 6 nitrogen and oxygen atoms in total. The molecule has 134 valence electrons. The summed E-state index contributed by atoms with van der Waals surface area (Å²) in [6.45, 7) is 0. The first kappa shape index (κ1) is 18.2. The molecule has 0 fully saturated rings. The minimum atomic E-state index is -0.500. The Labute approximate surface area is 160 Å². The van der Waals surface area contributed by atoms with Crippen LogP contribution in [0, 0.1) is 10.1 Å². The normalized spacial score (nSPS) is 10.7. The lowest BCUT2D eigenvalue weighted by molar-refractivity contribution is -0.384. The van der Waals surface area contributed by atoms with Gasteiger partial charge in [0, 0.05) is 23.9 Å². The molecule has 3 rings (SSSR count). The predicted molar refractivity (Wildman–Crippen MR) is 110 cm³/mol. The van der Waals surface area contributed by atoms with Crippen LogP contribution in [0.25, 0.3) is 16.8 Å². The molecule has 0 atom stereocenters. The molecule has 2 N–H and O–H groups in total. The highest BCUT2D eigenvalue weighted by atomic mass is 32.1. The molecule has 0 aliphatic carbocycles. The van der Waals surface area contributed by atoms with E-state index >= 15 is 0 Å². The molecule has 0 aromatic heterocycles. The number of nitro groups is 1. The van der Waals surface area contributed by atoms with E-state index in [0.717, 1.165) is 16.3 Å². The van der Waals surface area contributed by atoms with Crippen LogP contribution >= 0.6 is 12.2 Å². The van der Waals surface area contributed by atoms with Crippen LogP contribution in [0.1, 0.15) is 5.56 Å². The first-order valence-electron chi connectivity index (χ1n) is 8.05. The van der Waals surface area contributed by atoms with Gasteiger partial charge in [-0.3, -0.25) is 20.2 Å². The van der Waals surface area contributed by atoms with Crippen molar-refractivity contribution in [1.29, 1.82) is 0 Å². The maximum atomic E-state index is 12.1. The highest BCUT2D eigenvalue weighted by molar-refractivity contribution is 7.80. The zero-order valence-electron chi connectivity index (χ0n) is 14.1. The molecule has 0 aliphatic rings. The summed E-state index contributed by atoms with van der Waals surface area (Å²) < 4.78 is 0. The predicted octanol–water partition coefficient (Wildman–Crippen LogP) is 4.27. The summed E-state index contributed by atoms with van der Waals surface area (Å²) in [4.78, 5) is 22.4. The zero-order chi connectivity index (χ0) is 19.2. The van der Waals surface area contributed by atoms with Crippen LogP contribution in [0.15, 0.2) is 72.8 Å². The number of nitrogens with one attached hydrogen (secondary N) is 2. The van der Waals surface area contributed by atoms with E-state index in [1.165, 1.54) is 24.3 Å². The zero-order valence-corrected chi connectivity index (χ0v) is 14.9. The number of fused-ring (bicyclic) bond motifs is 1. The Bertz CT molecular complexity index is 1060. The van der Waals surface area contributed by atoms with E-state index < -0.39 is 10.8 Å². The molecule has 3 aromatic rings. The van der Waals surface area contributed by atoms with Crippen LogP contribution in [0.3, 0.4) is 0 Å². The number of amides is 1. The van der Waals surface area contributed by atoms with E-state index in [1.807, 2.05) is 42.5 Å². The Morgan fingerprint density at radius 3 is 2.59 bits per heavy atom. The molecule has 0 aliphatic heterocycles. The van der Waals surface area contributed by atoms with Gasteiger partial charge < -0.3 is 5.32 Å². The first-order chi connectivity index (χ1) is 13.0. The van der Waals surface area contributed by atoms with Crippen molar-refractivity contribution in [1.82, 2.24) is 5.32 Å². The summed E-state index contributed by atoms with van der Waals surface area (Å²) >= 11 is 5.08. The largest absolute Gasteiger partial charge is 0.332 e. The molecule has 0 saturated carbocycles. The van der Waals surface area contributed by atoms with Crippen molar-refractivity contribution in [2.75, 3.05) is 5.32 Å². The molecule has 1 amide bonds. The van der Waals surface area contributed by atoms with Gasteiger partial charge in [-0.05, 0) is 40.7 Å². The summed E-state index contributed by atoms with van der Waals surface area (Å²) in [6.07, 6.45) is 3.11. The number of thiocarbonyl (C=S) groups is 1. The van der Waals surface area contributed by atoms with Gasteiger partial charge >= 0.3 is 0 Å². The molecule has 3 aromatic carbocycles. The maximum absolute atomic E-state index is 12.1. The van der Waals surface area contributed by atoms with Gasteiger partial charge in [0.25, 0.3) is 5.69 Å². The van der Waals surface area contributed by atoms with Crippen LogP contribution in [0.5, 0.6) is 0 Å². The molecule has 0 radical (unpaired) electrons. The Hall–Kier alpha value is -3.58. The number of nitrogens with zero attached hydrogens (tertiary/aromatic N) is 1. The monoisotopic (exact) mass is 377 g/mol. The minimum absolute atomic E-state index is 0.0584. The third-order valence-corrected chi connectivity index (χ3v) is 3.99. The van der Waals surface area contributed by atoms with Crippen molar-refractivity contribution >= 4 is 51.5 Å². The van der Waals surface area contributed by atoms with E-state index in [2.05, 4.69) is 10.6 Å². The second kappa shape index (κ2) is 8.20. The number of benzene rings is 3. The lowest BCUT2D eigenvalue weighted by Gasteiger charge is -2.08. The number of carbonyl (C=O) groups is 1. The van der Waals surface area contributed by atoms with E-state index in [0.29, 0.717) is 5.69 Å². The Morgan fingerprint density at radius 2 is 1.78 bits per heavy atom. The summed E-state index contributed by atoms with van der Waals surface area (Å²) in [5, 5.41) is 18.3. The number of anilines is 1. The standard InChI is InChI=1S/C20H15N3O3S/c24-19(12-11-15-7-3-6-14-5-1-2-10-18(14)15)22-20(27)21-16-8-4-9-17(13-16)23(25)26/h1-13H,(H2,21,22,24,27). The molecular formula is C20H15N3O3S. The average molecular weight is 377 g/mol. The van der Waals surface area contributed by atoms with Crippen molar-refractivity contribution in [2.45, 2.75) is 0 Å². The second-order valence-corrected chi connectivity index (χ2v) is 6.06. The Morgan fingerprint density at radius 1 is 1.04 bits per heavy atom. The van der Waals surface area contributed by atoms with Crippen LogP contribution < -0.4 is 10.6 Å². The van der Waals surface area contributed by atoms with Gasteiger partial charge in [-0.15, -0.1) is 0 Å².